The lowest BCUT2D eigenvalue weighted by molar-refractivity contribution is 0.711. The number of aromatic nitrogens is 1. The zero-order valence-corrected chi connectivity index (χ0v) is 12.9. The Bertz CT molecular complexity index is 740. The lowest BCUT2D eigenvalue weighted by Gasteiger charge is -2.09. The Kier molecular flexibility index (Phi) is 4.53. The maximum atomic E-state index is 4.53. The standard InChI is InChI=1S/C18H18N2S/c1-2-19-13-16-8-5-11-20-18(16)21-17-10-9-14-6-3-4-7-15(14)12-17/h3-12,19H,2,13H2,1H3. The third kappa shape index (κ3) is 3.43. The topological polar surface area (TPSA) is 24.9 Å². The lowest BCUT2D eigenvalue weighted by atomic mass is 10.1. The molecule has 0 spiro atoms. The van der Waals surface area contributed by atoms with Crippen LogP contribution in [0.1, 0.15) is 12.5 Å². The maximum Gasteiger partial charge on any atom is 0.105 e. The van der Waals surface area contributed by atoms with Gasteiger partial charge < -0.3 is 5.32 Å². The van der Waals surface area contributed by atoms with E-state index in [9.17, 15) is 0 Å². The quantitative estimate of drug-likeness (QED) is 0.750. The van der Waals surface area contributed by atoms with Crippen LogP contribution in [0.3, 0.4) is 0 Å². The van der Waals surface area contributed by atoms with Gasteiger partial charge in [-0.15, -0.1) is 0 Å². The molecule has 2 nitrogen and oxygen atoms in total. The van der Waals surface area contributed by atoms with Gasteiger partial charge in [0, 0.05) is 17.6 Å². The van der Waals surface area contributed by atoms with Crippen molar-refractivity contribution in [3.63, 3.8) is 0 Å². The van der Waals surface area contributed by atoms with Crippen LogP contribution in [-0.2, 0) is 6.54 Å². The van der Waals surface area contributed by atoms with Gasteiger partial charge in [-0.1, -0.05) is 55.1 Å². The molecule has 3 rings (SSSR count). The van der Waals surface area contributed by atoms with Crippen LogP contribution in [0, 0.1) is 0 Å². The summed E-state index contributed by atoms with van der Waals surface area (Å²) in [5.41, 5.74) is 1.25. The summed E-state index contributed by atoms with van der Waals surface area (Å²) in [7, 11) is 0. The van der Waals surface area contributed by atoms with Crippen molar-refractivity contribution in [1.29, 1.82) is 0 Å². The van der Waals surface area contributed by atoms with Crippen molar-refractivity contribution in [2.24, 2.45) is 0 Å². The first-order valence-corrected chi connectivity index (χ1v) is 8.00. The number of nitrogens with zero attached hydrogens (tertiary/aromatic N) is 1. The van der Waals surface area contributed by atoms with E-state index in [4.69, 9.17) is 0 Å². The molecule has 1 N–H and O–H groups in total. The molecule has 1 aromatic heterocycles. The van der Waals surface area contributed by atoms with Gasteiger partial charge in [0.05, 0.1) is 0 Å². The van der Waals surface area contributed by atoms with Gasteiger partial charge in [0.15, 0.2) is 0 Å². The summed E-state index contributed by atoms with van der Waals surface area (Å²) >= 11 is 1.73. The molecule has 0 aliphatic rings. The Morgan fingerprint density at radius 3 is 2.71 bits per heavy atom. The van der Waals surface area contributed by atoms with E-state index >= 15 is 0 Å². The van der Waals surface area contributed by atoms with Crippen LogP contribution in [0.5, 0.6) is 0 Å². The fourth-order valence-electron chi connectivity index (χ4n) is 2.25. The SMILES string of the molecule is CCNCc1cccnc1Sc1ccc2ccccc2c1. The van der Waals surface area contributed by atoms with E-state index < -0.39 is 0 Å². The van der Waals surface area contributed by atoms with E-state index in [1.807, 2.05) is 12.3 Å². The van der Waals surface area contributed by atoms with E-state index in [-0.39, 0.29) is 0 Å². The van der Waals surface area contributed by atoms with Crippen molar-refractivity contribution in [3.05, 3.63) is 66.4 Å². The molecule has 0 bridgehead atoms. The summed E-state index contributed by atoms with van der Waals surface area (Å²) in [6.07, 6.45) is 1.86. The van der Waals surface area contributed by atoms with Gasteiger partial charge in [0.2, 0.25) is 0 Å². The molecule has 0 saturated carbocycles. The highest BCUT2D eigenvalue weighted by atomic mass is 32.2. The summed E-state index contributed by atoms with van der Waals surface area (Å²) in [5, 5.41) is 6.99. The average Bonchev–Trinajstić information content (AvgIpc) is 2.54. The molecule has 0 amide bonds. The Labute approximate surface area is 129 Å². The second-order valence-electron chi connectivity index (χ2n) is 4.86. The first kappa shape index (κ1) is 14.1. The molecule has 2 aromatic carbocycles. The summed E-state index contributed by atoms with van der Waals surface area (Å²) in [6.45, 7) is 3.95. The minimum atomic E-state index is 0.861. The molecule has 21 heavy (non-hydrogen) atoms. The van der Waals surface area contributed by atoms with Gasteiger partial charge in [-0.3, -0.25) is 0 Å². The molecular weight excluding hydrogens is 276 g/mol. The van der Waals surface area contributed by atoms with Crippen LogP contribution >= 0.6 is 11.8 Å². The molecule has 1 heterocycles. The third-order valence-corrected chi connectivity index (χ3v) is 4.40. The molecule has 0 aliphatic carbocycles. The minimum absolute atomic E-state index is 0.861. The fraction of sp³-hybridized carbons (Fsp3) is 0.167. The second-order valence-corrected chi connectivity index (χ2v) is 5.92. The molecule has 0 unspecified atom stereocenters. The van der Waals surface area contributed by atoms with Crippen molar-refractivity contribution >= 4 is 22.5 Å². The first-order chi connectivity index (χ1) is 10.4. The van der Waals surface area contributed by atoms with Crippen LogP contribution in [0.25, 0.3) is 10.8 Å². The zero-order valence-electron chi connectivity index (χ0n) is 12.0. The Morgan fingerprint density at radius 2 is 1.86 bits per heavy atom. The predicted octanol–water partition coefficient (Wildman–Crippen LogP) is 4.50. The van der Waals surface area contributed by atoms with E-state index in [1.54, 1.807) is 11.8 Å². The molecule has 0 aliphatic heterocycles. The molecule has 0 atom stereocenters. The van der Waals surface area contributed by atoms with E-state index in [0.29, 0.717) is 0 Å². The fourth-order valence-corrected chi connectivity index (χ4v) is 3.18. The summed E-state index contributed by atoms with van der Waals surface area (Å²) in [4.78, 5) is 5.76. The number of pyridine rings is 1. The lowest BCUT2D eigenvalue weighted by Crippen LogP contribution is -2.12. The normalized spacial score (nSPS) is 10.9. The number of hydrogen-bond acceptors (Lipinski definition) is 3. The van der Waals surface area contributed by atoms with Gasteiger partial charge in [0.1, 0.15) is 5.03 Å². The van der Waals surface area contributed by atoms with E-state index in [1.165, 1.54) is 21.2 Å². The van der Waals surface area contributed by atoms with Crippen LogP contribution in [0.2, 0.25) is 0 Å². The zero-order chi connectivity index (χ0) is 14.5. The van der Waals surface area contributed by atoms with Gasteiger partial charge in [-0.2, -0.15) is 0 Å². The maximum absolute atomic E-state index is 4.53. The number of benzene rings is 2. The smallest absolute Gasteiger partial charge is 0.105 e. The van der Waals surface area contributed by atoms with Crippen LogP contribution < -0.4 is 5.32 Å². The van der Waals surface area contributed by atoms with Crippen LogP contribution in [-0.4, -0.2) is 11.5 Å². The molecule has 0 fully saturated rings. The number of nitrogens with one attached hydrogen (secondary N) is 1. The highest BCUT2D eigenvalue weighted by Crippen LogP contribution is 2.30. The van der Waals surface area contributed by atoms with E-state index in [2.05, 4.69) is 65.8 Å². The highest BCUT2D eigenvalue weighted by Gasteiger charge is 2.05. The summed E-state index contributed by atoms with van der Waals surface area (Å²) < 4.78 is 0. The van der Waals surface area contributed by atoms with Gasteiger partial charge in [-0.25, -0.2) is 4.98 Å². The van der Waals surface area contributed by atoms with Crippen LogP contribution in [0.4, 0.5) is 0 Å². The van der Waals surface area contributed by atoms with Crippen molar-refractivity contribution in [1.82, 2.24) is 10.3 Å². The average molecular weight is 294 g/mol. The molecule has 3 aromatic rings. The van der Waals surface area contributed by atoms with Crippen molar-refractivity contribution in [2.45, 2.75) is 23.4 Å². The minimum Gasteiger partial charge on any atom is -0.313 e. The number of hydrogen-bond donors (Lipinski definition) is 1. The predicted molar refractivity (Wildman–Crippen MR) is 89.7 cm³/mol. The molecule has 106 valence electrons. The van der Waals surface area contributed by atoms with Gasteiger partial charge in [-0.05, 0) is 41.1 Å². The van der Waals surface area contributed by atoms with E-state index in [0.717, 1.165) is 18.1 Å². The van der Waals surface area contributed by atoms with Crippen LogP contribution in [0.15, 0.2) is 70.7 Å². The Hall–Kier alpha value is -1.84. The van der Waals surface area contributed by atoms with Crippen molar-refractivity contribution < 1.29 is 0 Å². The third-order valence-electron chi connectivity index (χ3n) is 3.35. The Morgan fingerprint density at radius 1 is 1.00 bits per heavy atom. The van der Waals surface area contributed by atoms with Crippen molar-refractivity contribution in [3.8, 4) is 0 Å². The summed E-state index contributed by atoms with van der Waals surface area (Å²) in [6, 6.07) is 19.1. The highest BCUT2D eigenvalue weighted by molar-refractivity contribution is 7.99. The number of rotatable bonds is 5. The molecule has 3 heteroatoms. The molecule has 0 radical (unpaired) electrons. The van der Waals surface area contributed by atoms with Gasteiger partial charge >= 0.3 is 0 Å². The van der Waals surface area contributed by atoms with Crippen molar-refractivity contribution in [2.75, 3.05) is 6.54 Å². The number of fused-ring (bicyclic) bond motifs is 1. The first-order valence-electron chi connectivity index (χ1n) is 7.18. The van der Waals surface area contributed by atoms with Gasteiger partial charge in [0.25, 0.3) is 0 Å². The summed E-state index contributed by atoms with van der Waals surface area (Å²) in [5.74, 6) is 0. The molecule has 0 saturated heterocycles. The Balaban J connectivity index is 1.87. The monoisotopic (exact) mass is 294 g/mol. The molecular formula is C18H18N2S. The largest absolute Gasteiger partial charge is 0.313 e. The second kappa shape index (κ2) is 6.74.